The molecule has 160 valence electrons. The van der Waals surface area contributed by atoms with Crippen LogP contribution in [0.2, 0.25) is 0 Å². The molecule has 0 aromatic heterocycles. The second-order valence-electron chi connectivity index (χ2n) is 8.04. The highest BCUT2D eigenvalue weighted by Crippen LogP contribution is 2.27. The number of hydrogen-bond donors (Lipinski definition) is 0. The van der Waals surface area contributed by atoms with Crippen molar-refractivity contribution in [3.8, 4) is 0 Å². The summed E-state index contributed by atoms with van der Waals surface area (Å²) in [7, 11) is 3.52. The van der Waals surface area contributed by atoms with Crippen LogP contribution >= 0.6 is 0 Å². The lowest BCUT2D eigenvalue weighted by Crippen LogP contribution is -2.54. The van der Waals surface area contributed by atoms with Crippen LogP contribution in [0.3, 0.4) is 0 Å². The van der Waals surface area contributed by atoms with Crippen LogP contribution in [0, 0.1) is 11.6 Å². The van der Waals surface area contributed by atoms with Gasteiger partial charge in [0.05, 0.1) is 24.9 Å². The highest BCUT2D eigenvalue weighted by Gasteiger charge is 2.35. The fraction of sp³-hybridized carbons (Fsp3) is 0.417. The zero-order valence-corrected chi connectivity index (χ0v) is 17.5. The van der Waals surface area contributed by atoms with Gasteiger partial charge in [-0.3, -0.25) is 9.59 Å². The van der Waals surface area contributed by atoms with Crippen LogP contribution in [-0.2, 0) is 22.4 Å². The van der Waals surface area contributed by atoms with Crippen molar-refractivity contribution < 1.29 is 18.4 Å². The SMILES string of the molecule is CN(C(=O)Cc1cccc(F)c1)C1CCCCC1N(C)C(=O)Cc1cccc(F)c1. The molecule has 4 nitrogen and oxygen atoms in total. The Balaban J connectivity index is 1.68. The predicted octanol–water partition coefficient (Wildman–Crippen LogP) is 3.98. The van der Waals surface area contributed by atoms with Crippen LogP contribution in [0.1, 0.15) is 36.8 Å². The molecule has 2 aromatic carbocycles. The molecule has 1 fully saturated rings. The third kappa shape index (κ3) is 5.43. The highest BCUT2D eigenvalue weighted by atomic mass is 19.1. The number of likely N-dealkylation sites (N-methyl/N-ethyl adjacent to an activating group) is 2. The van der Waals surface area contributed by atoms with E-state index in [4.69, 9.17) is 0 Å². The molecule has 0 radical (unpaired) electrons. The van der Waals surface area contributed by atoms with Gasteiger partial charge in [0, 0.05) is 14.1 Å². The molecule has 6 heteroatoms. The molecule has 1 aliphatic rings. The number of benzene rings is 2. The summed E-state index contributed by atoms with van der Waals surface area (Å²) in [5.41, 5.74) is 1.27. The molecule has 0 aliphatic heterocycles. The van der Waals surface area contributed by atoms with Crippen molar-refractivity contribution in [3.05, 3.63) is 71.3 Å². The molecule has 1 aliphatic carbocycles. The van der Waals surface area contributed by atoms with Crippen molar-refractivity contribution in [2.24, 2.45) is 0 Å². The molecule has 2 amide bonds. The fourth-order valence-electron chi connectivity index (χ4n) is 4.26. The first-order valence-electron chi connectivity index (χ1n) is 10.4. The van der Waals surface area contributed by atoms with Crippen molar-refractivity contribution in [2.75, 3.05) is 14.1 Å². The lowest BCUT2D eigenvalue weighted by molar-refractivity contribution is -0.139. The summed E-state index contributed by atoms with van der Waals surface area (Å²) in [6.07, 6.45) is 3.85. The second-order valence-corrected chi connectivity index (χ2v) is 8.04. The summed E-state index contributed by atoms with van der Waals surface area (Å²) >= 11 is 0. The Bertz CT molecular complexity index is 829. The fourth-order valence-corrected chi connectivity index (χ4v) is 4.26. The number of halogens is 2. The van der Waals surface area contributed by atoms with Crippen LogP contribution < -0.4 is 0 Å². The van der Waals surface area contributed by atoms with E-state index in [1.807, 2.05) is 0 Å². The quantitative estimate of drug-likeness (QED) is 0.718. The van der Waals surface area contributed by atoms with Gasteiger partial charge in [-0.15, -0.1) is 0 Å². The maximum absolute atomic E-state index is 13.4. The Kier molecular flexibility index (Phi) is 7.19. The number of hydrogen-bond acceptors (Lipinski definition) is 2. The lowest BCUT2D eigenvalue weighted by atomic mass is 9.87. The lowest BCUT2D eigenvalue weighted by Gasteiger charge is -2.42. The molecule has 0 spiro atoms. The van der Waals surface area contributed by atoms with Gasteiger partial charge >= 0.3 is 0 Å². The van der Waals surface area contributed by atoms with Gasteiger partial charge < -0.3 is 9.80 Å². The monoisotopic (exact) mass is 414 g/mol. The van der Waals surface area contributed by atoms with E-state index in [-0.39, 0.29) is 48.4 Å². The van der Waals surface area contributed by atoms with E-state index in [2.05, 4.69) is 0 Å². The zero-order chi connectivity index (χ0) is 21.7. The molecule has 1 saturated carbocycles. The first-order chi connectivity index (χ1) is 14.3. The molecule has 2 aromatic rings. The number of carbonyl (C=O) groups is 2. The molecular formula is C24H28F2N2O2. The topological polar surface area (TPSA) is 40.6 Å². The Morgan fingerprint density at radius 2 is 1.20 bits per heavy atom. The summed E-state index contributed by atoms with van der Waals surface area (Å²) < 4.78 is 26.9. The molecule has 0 bridgehead atoms. The predicted molar refractivity (Wildman–Crippen MR) is 112 cm³/mol. The zero-order valence-electron chi connectivity index (χ0n) is 17.5. The molecule has 0 saturated heterocycles. The Labute approximate surface area is 176 Å². The molecule has 0 N–H and O–H groups in total. The number of rotatable bonds is 6. The minimum Gasteiger partial charge on any atom is -0.340 e. The Morgan fingerprint density at radius 1 is 0.800 bits per heavy atom. The summed E-state index contributed by atoms with van der Waals surface area (Å²) in [4.78, 5) is 29.1. The Hall–Kier alpha value is -2.76. The molecule has 2 unspecified atom stereocenters. The first-order valence-corrected chi connectivity index (χ1v) is 10.4. The highest BCUT2D eigenvalue weighted by molar-refractivity contribution is 5.80. The van der Waals surface area contributed by atoms with Gasteiger partial charge in [0.25, 0.3) is 0 Å². The molecule has 0 heterocycles. The van der Waals surface area contributed by atoms with Crippen LogP contribution in [0.15, 0.2) is 48.5 Å². The average Bonchev–Trinajstić information content (AvgIpc) is 2.72. The van der Waals surface area contributed by atoms with Gasteiger partial charge in [-0.1, -0.05) is 37.1 Å². The molecule has 30 heavy (non-hydrogen) atoms. The standard InChI is InChI=1S/C24H28F2N2O2/c1-27(23(29)15-17-7-5-9-19(25)13-17)21-11-3-4-12-22(21)28(2)24(30)16-18-8-6-10-20(26)14-18/h5-10,13-14,21-22H,3-4,11-12,15-16H2,1-2H3. The van der Waals surface area contributed by atoms with E-state index >= 15 is 0 Å². The van der Waals surface area contributed by atoms with Crippen molar-refractivity contribution >= 4 is 11.8 Å². The van der Waals surface area contributed by atoms with Gasteiger partial charge in [-0.25, -0.2) is 8.78 Å². The summed E-state index contributed by atoms with van der Waals surface area (Å²) in [6.45, 7) is 0. The van der Waals surface area contributed by atoms with Gasteiger partial charge in [0.2, 0.25) is 11.8 Å². The smallest absolute Gasteiger partial charge is 0.227 e. The van der Waals surface area contributed by atoms with Crippen molar-refractivity contribution in [1.82, 2.24) is 9.80 Å². The van der Waals surface area contributed by atoms with E-state index in [9.17, 15) is 18.4 Å². The number of carbonyl (C=O) groups excluding carboxylic acids is 2. The van der Waals surface area contributed by atoms with E-state index in [1.165, 1.54) is 24.3 Å². The first kappa shape index (κ1) is 21.9. The van der Waals surface area contributed by atoms with E-state index in [1.54, 1.807) is 48.2 Å². The van der Waals surface area contributed by atoms with Gasteiger partial charge in [0.15, 0.2) is 0 Å². The molecule has 3 rings (SSSR count). The third-order valence-corrected chi connectivity index (χ3v) is 5.96. The largest absolute Gasteiger partial charge is 0.340 e. The Morgan fingerprint density at radius 3 is 1.57 bits per heavy atom. The van der Waals surface area contributed by atoms with Crippen LogP contribution in [0.4, 0.5) is 8.78 Å². The average molecular weight is 414 g/mol. The van der Waals surface area contributed by atoms with Gasteiger partial charge in [-0.2, -0.15) is 0 Å². The molecule has 2 atom stereocenters. The van der Waals surface area contributed by atoms with Crippen molar-refractivity contribution in [1.29, 1.82) is 0 Å². The van der Waals surface area contributed by atoms with Crippen LogP contribution in [-0.4, -0.2) is 47.8 Å². The molecular weight excluding hydrogens is 386 g/mol. The number of nitrogens with zero attached hydrogens (tertiary/aromatic N) is 2. The maximum atomic E-state index is 13.4. The number of amides is 2. The minimum absolute atomic E-state index is 0.0940. The van der Waals surface area contributed by atoms with Gasteiger partial charge in [-0.05, 0) is 48.2 Å². The van der Waals surface area contributed by atoms with Crippen molar-refractivity contribution in [3.63, 3.8) is 0 Å². The second kappa shape index (κ2) is 9.83. The van der Waals surface area contributed by atoms with Crippen LogP contribution in [0.5, 0.6) is 0 Å². The summed E-state index contributed by atoms with van der Waals surface area (Å²) in [6, 6.07) is 11.9. The van der Waals surface area contributed by atoms with Gasteiger partial charge in [0.1, 0.15) is 11.6 Å². The summed E-state index contributed by atoms with van der Waals surface area (Å²) in [5, 5.41) is 0. The van der Waals surface area contributed by atoms with E-state index < -0.39 is 0 Å². The van der Waals surface area contributed by atoms with E-state index in [0.717, 1.165) is 25.7 Å². The maximum Gasteiger partial charge on any atom is 0.227 e. The summed E-state index contributed by atoms with van der Waals surface area (Å²) in [5.74, 6) is -0.908. The third-order valence-electron chi connectivity index (χ3n) is 5.96. The normalized spacial score (nSPS) is 18.7. The van der Waals surface area contributed by atoms with Crippen molar-refractivity contribution in [2.45, 2.75) is 50.6 Å². The minimum atomic E-state index is -0.360. The van der Waals surface area contributed by atoms with Crippen LogP contribution in [0.25, 0.3) is 0 Å². The van der Waals surface area contributed by atoms with E-state index in [0.29, 0.717) is 11.1 Å².